The minimum atomic E-state index is -1.20. The van der Waals surface area contributed by atoms with Crippen LogP contribution >= 0.6 is 27.5 Å². The third kappa shape index (κ3) is 2.97. The largest absolute Gasteiger partial charge is 0.475 e. The molecule has 0 aliphatic carbocycles. The van der Waals surface area contributed by atoms with Crippen LogP contribution in [-0.4, -0.2) is 23.2 Å². The number of methoxy groups -OCH3 is 1. The highest BCUT2D eigenvalue weighted by Crippen LogP contribution is 2.31. The maximum absolute atomic E-state index is 11.1. The van der Waals surface area contributed by atoms with E-state index < -0.39 is 5.97 Å². The van der Waals surface area contributed by atoms with Crippen LogP contribution in [0.3, 0.4) is 0 Å². The first kappa shape index (κ1) is 14.0. The zero-order chi connectivity index (χ0) is 14.0. The van der Waals surface area contributed by atoms with Crippen molar-refractivity contribution in [3.05, 3.63) is 39.1 Å². The lowest BCUT2D eigenvalue weighted by atomic mass is 10.2. The number of carboxylic acids is 1. The van der Waals surface area contributed by atoms with Gasteiger partial charge in [-0.1, -0.05) is 27.5 Å². The lowest BCUT2D eigenvalue weighted by Gasteiger charge is -1.99. The average molecular weight is 347 g/mol. The van der Waals surface area contributed by atoms with Crippen molar-refractivity contribution in [2.75, 3.05) is 7.11 Å². The molecular weight excluding hydrogens is 337 g/mol. The number of aromatic nitrogens is 1. The molecule has 0 unspecified atom stereocenters. The maximum atomic E-state index is 11.1. The van der Waals surface area contributed by atoms with E-state index in [1.165, 1.54) is 7.11 Å². The van der Waals surface area contributed by atoms with E-state index in [9.17, 15) is 4.79 Å². The van der Waals surface area contributed by atoms with Crippen LogP contribution in [0, 0.1) is 0 Å². The molecule has 100 valence electrons. The van der Waals surface area contributed by atoms with Gasteiger partial charge in [0.25, 0.3) is 0 Å². The summed E-state index contributed by atoms with van der Waals surface area (Å²) in [5.74, 6) is -1.28. The standard InChI is InChI=1S/C12H9BrClNO4/c1-18-5-9-10(12(16)17)19-11(15-9)7-3-2-6(13)4-8(7)14/h2-4H,5H2,1H3,(H,16,17). The Hall–Kier alpha value is -1.37. The summed E-state index contributed by atoms with van der Waals surface area (Å²) in [7, 11) is 1.45. The topological polar surface area (TPSA) is 72.6 Å². The number of carboxylic acid groups (broad SMARTS) is 1. The Morgan fingerprint density at radius 3 is 2.89 bits per heavy atom. The highest BCUT2D eigenvalue weighted by molar-refractivity contribution is 9.10. The Balaban J connectivity index is 2.50. The predicted octanol–water partition coefficient (Wildman–Crippen LogP) is 3.60. The maximum Gasteiger partial charge on any atom is 0.373 e. The first-order chi connectivity index (χ1) is 9.02. The molecule has 2 rings (SSSR count). The molecule has 0 saturated carbocycles. The van der Waals surface area contributed by atoms with Gasteiger partial charge < -0.3 is 14.3 Å². The molecule has 0 fully saturated rings. The van der Waals surface area contributed by atoms with Crippen LogP contribution in [0.15, 0.2) is 27.1 Å². The predicted molar refractivity (Wildman–Crippen MR) is 72.3 cm³/mol. The van der Waals surface area contributed by atoms with E-state index in [0.717, 1.165) is 4.47 Å². The fourth-order valence-electron chi connectivity index (χ4n) is 1.53. The molecular formula is C12H9BrClNO4. The molecule has 5 nitrogen and oxygen atoms in total. The zero-order valence-electron chi connectivity index (χ0n) is 9.81. The van der Waals surface area contributed by atoms with Gasteiger partial charge in [0.05, 0.1) is 17.2 Å². The smallest absolute Gasteiger partial charge is 0.373 e. The van der Waals surface area contributed by atoms with Crippen LogP contribution in [0.1, 0.15) is 16.2 Å². The van der Waals surface area contributed by atoms with Gasteiger partial charge in [-0.05, 0) is 18.2 Å². The number of benzene rings is 1. The molecule has 0 aliphatic rings. The first-order valence-corrected chi connectivity index (χ1v) is 6.37. The lowest BCUT2D eigenvalue weighted by molar-refractivity contribution is 0.0656. The van der Waals surface area contributed by atoms with Gasteiger partial charge in [-0.2, -0.15) is 0 Å². The third-order valence-electron chi connectivity index (χ3n) is 2.33. The summed E-state index contributed by atoms with van der Waals surface area (Å²) < 4.78 is 10.9. The van der Waals surface area contributed by atoms with E-state index in [1.54, 1.807) is 18.2 Å². The van der Waals surface area contributed by atoms with E-state index in [0.29, 0.717) is 10.6 Å². The van der Waals surface area contributed by atoms with Gasteiger partial charge in [0.1, 0.15) is 5.69 Å². The molecule has 0 aliphatic heterocycles. The number of rotatable bonds is 4. The minimum absolute atomic E-state index is 0.0548. The molecule has 0 bridgehead atoms. The van der Waals surface area contributed by atoms with Crippen molar-refractivity contribution in [2.45, 2.75) is 6.61 Å². The Labute approximate surface area is 122 Å². The van der Waals surface area contributed by atoms with E-state index >= 15 is 0 Å². The van der Waals surface area contributed by atoms with Crippen LogP contribution in [-0.2, 0) is 11.3 Å². The Morgan fingerprint density at radius 2 is 2.32 bits per heavy atom. The highest BCUT2D eigenvalue weighted by Gasteiger charge is 2.21. The molecule has 0 saturated heterocycles. The summed E-state index contributed by atoms with van der Waals surface area (Å²) in [6.07, 6.45) is 0. The molecule has 0 amide bonds. The number of aromatic carboxylic acids is 1. The van der Waals surface area contributed by atoms with Gasteiger partial charge >= 0.3 is 5.97 Å². The van der Waals surface area contributed by atoms with Crippen LogP contribution in [0.4, 0.5) is 0 Å². The summed E-state index contributed by atoms with van der Waals surface area (Å²) in [6.45, 7) is 0.0548. The summed E-state index contributed by atoms with van der Waals surface area (Å²) in [4.78, 5) is 15.2. The van der Waals surface area contributed by atoms with E-state index in [2.05, 4.69) is 20.9 Å². The van der Waals surface area contributed by atoms with Crippen molar-refractivity contribution in [3.63, 3.8) is 0 Å². The molecule has 0 radical (unpaired) electrons. The molecule has 7 heteroatoms. The Bertz CT molecular complexity index is 626. The average Bonchev–Trinajstić information content (AvgIpc) is 2.73. The molecule has 19 heavy (non-hydrogen) atoms. The molecule has 1 aromatic heterocycles. The Kier molecular flexibility index (Phi) is 4.24. The number of hydrogen-bond donors (Lipinski definition) is 1. The molecule has 1 heterocycles. The van der Waals surface area contributed by atoms with Crippen LogP contribution in [0.25, 0.3) is 11.5 Å². The molecule has 2 aromatic rings. The van der Waals surface area contributed by atoms with Crippen molar-refractivity contribution in [1.82, 2.24) is 4.98 Å². The van der Waals surface area contributed by atoms with Gasteiger partial charge in [-0.15, -0.1) is 0 Å². The van der Waals surface area contributed by atoms with Crippen molar-refractivity contribution >= 4 is 33.5 Å². The zero-order valence-corrected chi connectivity index (χ0v) is 12.2. The molecule has 1 aromatic carbocycles. The monoisotopic (exact) mass is 345 g/mol. The van der Waals surface area contributed by atoms with Crippen LogP contribution < -0.4 is 0 Å². The number of halogens is 2. The quantitative estimate of drug-likeness (QED) is 0.915. The molecule has 0 spiro atoms. The van der Waals surface area contributed by atoms with Gasteiger partial charge in [-0.3, -0.25) is 0 Å². The summed E-state index contributed by atoms with van der Waals surface area (Å²) in [5, 5.41) is 9.45. The fourth-order valence-corrected chi connectivity index (χ4v) is 2.29. The normalized spacial score (nSPS) is 10.7. The van der Waals surface area contributed by atoms with E-state index in [1.807, 2.05) is 0 Å². The first-order valence-electron chi connectivity index (χ1n) is 5.20. The third-order valence-corrected chi connectivity index (χ3v) is 3.14. The summed E-state index contributed by atoms with van der Waals surface area (Å²) in [5.41, 5.74) is 0.749. The number of hydrogen-bond acceptors (Lipinski definition) is 4. The molecule has 0 atom stereocenters. The second-order valence-electron chi connectivity index (χ2n) is 3.66. The van der Waals surface area contributed by atoms with Gasteiger partial charge in [0.2, 0.25) is 11.7 Å². The number of oxazole rings is 1. The van der Waals surface area contributed by atoms with Gasteiger partial charge in [0.15, 0.2) is 0 Å². The second kappa shape index (κ2) is 5.73. The van der Waals surface area contributed by atoms with E-state index in [4.69, 9.17) is 25.9 Å². The SMILES string of the molecule is COCc1nc(-c2ccc(Br)cc2Cl)oc1C(=O)O. The summed E-state index contributed by atoms with van der Waals surface area (Å²) in [6, 6.07) is 5.14. The van der Waals surface area contributed by atoms with Crippen LogP contribution in [0.5, 0.6) is 0 Å². The van der Waals surface area contributed by atoms with Crippen molar-refractivity contribution < 1.29 is 19.1 Å². The highest BCUT2D eigenvalue weighted by atomic mass is 79.9. The number of carbonyl (C=O) groups is 1. The Morgan fingerprint density at radius 1 is 1.58 bits per heavy atom. The number of nitrogens with zero attached hydrogens (tertiary/aromatic N) is 1. The second-order valence-corrected chi connectivity index (χ2v) is 4.98. The van der Waals surface area contributed by atoms with Crippen molar-refractivity contribution in [1.29, 1.82) is 0 Å². The molecule has 1 N–H and O–H groups in total. The number of ether oxygens (including phenoxy) is 1. The lowest BCUT2D eigenvalue weighted by Crippen LogP contribution is -2.00. The fraction of sp³-hybridized carbons (Fsp3) is 0.167. The van der Waals surface area contributed by atoms with Crippen molar-refractivity contribution in [3.8, 4) is 11.5 Å². The van der Waals surface area contributed by atoms with Gasteiger partial charge in [-0.25, -0.2) is 9.78 Å². The van der Waals surface area contributed by atoms with Crippen molar-refractivity contribution in [2.24, 2.45) is 0 Å². The minimum Gasteiger partial charge on any atom is -0.475 e. The van der Waals surface area contributed by atoms with Crippen LogP contribution in [0.2, 0.25) is 5.02 Å². The summed E-state index contributed by atoms with van der Waals surface area (Å²) >= 11 is 9.36. The van der Waals surface area contributed by atoms with Gasteiger partial charge in [0, 0.05) is 11.6 Å². The van der Waals surface area contributed by atoms with E-state index in [-0.39, 0.29) is 24.0 Å².